The van der Waals surface area contributed by atoms with E-state index < -0.39 is 16.1 Å². The third-order valence-electron chi connectivity index (χ3n) is 2.55. The number of nitrogens with one attached hydrogen (secondary N) is 1. The van der Waals surface area contributed by atoms with Crippen molar-refractivity contribution in [3.05, 3.63) is 35.4 Å². The number of hydrogen-bond acceptors (Lipinski definition) is 4. The van der Waals surface area contributed by atoms with Gasteiger partial charge in [-0.1, -0.05) is 26.0 Å². The quantitative estimate of drug-likeness (QED) is 0.883. The summed E-state index contributed by atoms with van der Waals surface area (Å²) in [5.74, 6) is -0.301. The van der Waals surface area contributed by atoms with Crippen LogP contribution in [0.5, 0.6) is 0 Å². The monoisotopic (exact) mass is 277 g/mol. The molecule has 5 nitrogen and oxygen atoms in total. The van der Waals surface area contributed by atoms with Gasteiger partial charge in [0, 0.05) is 0 Å². The Labute approximate surface area is 113 Å². The minimum Gasteiger partial charge on any atom is -0.212 e. The van der Waals surface area contributed by atoms with Gasteiger partial charge in [-0.3, -0.25) is 0 Å². The molecule has 0 spiro atoms. The average molecular weight is 277 g/mol. The van der Waals surface area contributed by atoms with E-state index in [0.717, 1.165) is 0 Å². The second-order valence-electron chi connectivity index (χ2n) is 4.54. The molecule has 1 aromatic rings. The number of benzene rings is 1. The molecule has 0 saturated heterocycles. The van der Waals surface area contributed by atoms with Crippen LogP contribution < -0.4 is 4.72 Å². The van der Waals surface area contributed by atoms with Crippen LogP contribution >= 0.6 is 0 Å². The van der Waals surface area contributed by atoms with Crippen LogP contribution in [0.4, 0.5) is 0 Å². The Hall–Kier alpha value is -1.89. The lowest BCUT2D eigenvalue weighted by atomic mass is 10.1. The first-order valence-electron chi connectivity index (χ1n) is 5.76. The first kappa shape index (κ1) is 15.2. The fourth-order valence-corrected chi connectivity index (χ4v) is 2.87. The molecule has 0 heterocycles. The topological polar surface area (TPSA) is 93.8 Å². The fraction of sp³-hybridized carbons (Fsp3) is 0.385. The van der Waals surface area contributed by atoms with Gasteiger partial charge >= 0.3 is 0 Å². The highest BCUT2D eigenvalue weighted by atomic mass is 32.2. The van der Waals surface area contributed by atoms with E-state index in [1.165, 1.54) is 0 Å². The van der Waals surface area contributed by atoms with Gasteiger partial charge in [0.1, 0.15) is 6.04 Å². The number of rotatable bonds is 5. The summed E-state index contributed by atoms with van der Waals surface area (Å²) in [6.45, 7) is 3.55. The Bertz CT molecular complexity index is 607. The van der Waals surface area contributed by atoms with Crippen molar-refractivity contribution in [1.29, 1.82) is 10.5 Å². The van der Waals surface area contributed by atoms with Crippen molar-refractivity contribution >= 4 is 10.0 Å². The van der Waals surface area contributed by atoms with Crippen LogP contribution in [0.1, 0.15) is 25.0 Å². The zero-order chi connectivity index (χ0) is 14.5. The van der Waals surface area contributed by atoms with E-state index in [2.05, 4.69) is 4.72 Å². The van der Waals surface area contributed by atoms with Crippen LogP contribution in [0.3, 0.4) is 0 Å². The van der Waals surface area contributed by atoms with Crippen molar-refractivity contribution < 1.29 is 8.42 Å². The van der Waals surface area contributed by atoms with Gasteiger partial charge in [-0.2, -0.15) is 15.2 Å². The largest absolute Gasteiger partial charge is 0.216 e. The van der Waals surface area contributed by atoms with E-state index in [0.29, 0.717) is 11.1 Å². The predicted octanol–water partition coefficient (Wildman–Crippen LogP) is 1.53. The maximum atomic E-state index is 11.9. The van der Waals surface area contributed by atoms with Gasteiger partial charge in [-0.15, -0.1) is 0 Å². The molecular formula is C13H15N3O2S. The number of sulfonamides is 1. The summed E-state index contributed by atoms with van der Waals surface area (Å²) in [7, 11) is -3.57. The summed E-state index contributed by atoms with van der Waals surface area (Å²) < 4.78 is 26.2. The van der Waals surface area contributed by atoms with Gasteiger partial charge in [0.05, 0.1) is 23.5 Å². The zero-order valence-electron chi connectivity index (χ0n) is 10.8. The first-order chi connectivity index (χ1) is 8.88. The van der Waals surface area contributed by atoms with Crippen LogP contribution in [0, 0.1) is 28.6 Å². The molecule has 0 aliphatic carbocycles. The Morgan fingerprint density at radius 3 is 2.21 bits per heavy atom. The summed E-state index contributed by atoms with van der Waals surface area (Å²) in [6.07, 6.45) is 0. The lowest BCUT2D eigenvalue weighted by molar-refractivity contribution is 0.514. The Morgan fingerprint density at radius 2 is 1.79 bits per heavy atom. The van der Waals surface area contributed by atoms with Crippen LogP contribution in [0.25, 0.3) is 0 Å². The lowest BCUT2D eigenvalue weighted by Crippen LogP contribution is -2.38. The molecule has 0 aromatic heterocycles. The third kappa shape index (κ3) is 4.70. The van der Waals surface area contributed by atoms with Crippen molar-refractivity contribution in [2.24, 2.45) is 5.92 Å². The summed E-state index contributed by atoms with van der Waals surface area (Å²) in [5.41, 5.74) is 1.05. The van der Waals surface area contributed by atoms with E-state index in [4.69, 9.17) is 10.5 Å². The number of nitriles is 2. The molecule has 1 unspecified atom stereocenters. The van der Waals surface area contributed by atoms with Crippen LogP contribution in [-0.2, 0) is 15.8 Å². The molecule has 6 heteroatoms. The smallest absolute Gasteiger partial charge is 0.212 e. The molecule has 1 atom stereocenters. The normalized spacial score (nSPS) is 12.7. The molecule has 0 fully saturated rings. The number of hydrogen-bond donors (Lipinski definition) is 1. The van der Waals surface area contributed by atoms with Gasteiger partial charge in [0.25, 0.3) is 0 Å². The van der Waals surface area contributed by atoms with Crippen molar-refractivity contribution in [2.45, 2.75) is 25.6 Å². The van der Waals surface area contributed by atoms with Crippen molar-refractivity contribution in [2.75, 3.05) is 0 Å². The predicted molar refractivity (Wildman–Crippen MR) is 71.2 cm³/mol. The molecule has 100 valence electrons. The average Bonchev–Trinajstić information content (AvgIpc) is 2.36. The second-order valence-corrected chi connectivity index (χ2v) is 6.29. The van der Waals surface area contributed by atoms with Crippen LogP contribution in [0.15, 0.2) is 24.3 Å². The molecule has 0 aliphatic heterocycles. The molecule has 0 bridgehead atoms. The SMILES string of the molecule is CC(C)C(C#N)NS(=O)(=O)Cc1ccc(C#N)cc1. The summed E-state index contributed by atoms with van der Waals surface area (Å²) in [6, 6.07) is 9.47. The Balaban J connectivity index is 2.80. The molecule has 1 rings (SSSR count). The van der Waals surface area contributed by atoms with Gasteiger partial charge < -0.3 is 0 Å². The lowest BCUT2D eigenvalue weighted by Gasteiger charge is -2.15. The van der Waals surface area contributed by atoms with Crippen molar-refractivity contribution in [3.8, 4) is 12.1 Å². The van der Waals surface area contributed by atoms with E-state index in [1.54, 1.807) is 38.1 Å². The van der Waals surface area contributed by atoms with Crippen molar-refractivity contribution in [3.63, 3.8) is 0 Å². The maximum Gasteiger partial charge on any atom is 0.216 e. The van der Waals surface area contributed by atoms with E-state index in [-0.39, 0.29) is 11.7 Å². The summed E-state index contributed by atoms with van der Waals surface area (Å²) in [5, 5.41) is 17.5. The molecular weight excluding hydrogens is 262 g/mol. The summed E-state index contributed by atoms with van der Waals surface area (Å²) in [4.78, 5) is 0. The Morgan fingerprint density at radius 1 is 1.21 bits per heavy atom. The molecule has 19 heavy (non-hydrogen) atoms. The highest BCUT2D eigenvalue weighted by Crippen LogP contribution is 2.09. The standard InChI is InChI=1S/C13H15N3O2S/c1-10(2)13(8-15)16-19(17,18)9-12-5-3-11(7-14)4-6-12/h3-6,10,13,16H,9H2,1-2H3. The molecule has 0 amide bonds. The van der Waals surface area contributed by atoms with Gasteiger partial charge in [-0.05, 0) is 23.6 Å². The van der Waals surface area contributed by atoms with Crippen molar-refractivity contribution in [1.82, 2.24) is 4.72 Å². The minimum absolute atomic E-state index is 0.0965. The minimum atomic E-state index is -3.57. The van der Waals surface area contributed by atoms with Gasteiger partial charge in [0.2, 0.25) is 10.0 Å². The molecule has 1 N–H and O–H groups in total. The first-order valence-corrected chi connectivity index (χ1v) is 7.42. The van der Waals surface area contributed by atoms with Gasteiger partial charge in [-0.25, -0.2) is 8.42 Å². The highest BCUT2D eigenvalue weighted by molar-refractivity contribution is 7.88. The molecule has 1 aromatic carbocycles. The third-order valence-corrected chi connectivity index (χ3v) is 3.88. The zero-order valence-corrected chi connectivity index (χ0v) is 11.6. The molecule has 0 saturated carbocycles. The van der Waals surface area contributed by atoms with E-state index >= 15 is 0 Å². The maximum absolute atomic E-state index is 11.9. The van der Waals surface area contributed by atoms with E-state index in [1.807, 2.05) is 12.1 Å². The molecule has 0 radical (unpaired) electrons. The fourth-order valence-electron chi connectivity index (χ4n) is 1.44. The second kappa shape index (κ2) is 6.33. The van der Waals surface area contributed by atoms with Crippen LogP contribution in [0.2, 0.25) is 0 Å². The van der Waals surface area contributed by atoms with E-state index in [9.17, 15) is 8.42 Å². The Kier molecular flexibility index (Phi) is 5.05. The van der Waals surface area contributed by atoms with Gasteiger partial charge in [0.15, 0.2) is 0 Å². The number of nitrogens with zero attached hydrogens (tertiary/aromatic N) is 2. The molecule has 0 aliphatic rings. The summed E-state index contributed by atoms with van der Waals surface area (Å²) >= 11 is 0. The highest BCUT2D eigenvalue weighted by Gasteiger charge is 2.20. The van der Waals surface area contributed by atoms with Crippen LogP contribution in [-0.4, -0.2) is 14.5 Å².